The Labute approximate surface area is 158 Å². The molecule has 5 nitrogen and oxygen atoms in total. The molecule has 1 aliphatic carbocycles. The number of hydrogen-bond donors (Lipinski definition) is 1. The van der Waals surface area contributed by atoms with Crippen molar-refractivity contribution >= 4 is 11.6 Å². The summed E-state index contributed by atoms with van der Waals surface area (Å²) in [5.74, 6) is 0.448. The Kier molecular flexibility index (Phi) is 5.89. The number of ether oxygens (including phenoxy) is 1. The molecule has 1 aromatic heterocycles. The second-order valence-electron chi connectivity index (χ2n) is 7.09. The van der Waals surface area contributed by atoms with Gasteiger partial charge in [0.2, 0.25) is 5.43 Å². The first kappa shape index (κ1) is 19.1. The molecule has 0 saturated carbocycles. The van der Waals surface area contributed by atoms with Gasteiger partial charge in [0.25, 0.3) is 0 Å². The minimum atomic E-state index is -0.179. The minimum absolute atomic E-state index is 0.0108. The second kappa shape index (κ2) is 8.33. The molecule has 1 atom stereocenters. The maximum Gasteiger partial charge on any atom is 0.227 e. The number of carbonyl (C=O) groups excluding carboxylic acids is 2. The van der Waals surface area contributed by atoms with E-state index < -0.39 is 0 Å². The number of carbonyl (C=O) groups is 2. The lowest BCUT2D eigenvalue weighted by atomic mass is 9.81. The van der Waals surface area contributed by atoms with E-state index in [0.717, 1.165) is 24.8 Å². The molecular formula is C22H25NO4. The maximum atomic E-state index is 12.8. The summed E-state index contributed by atoms with van der Waals surface area (Å²) in [6, 6.07) is 9.29. The van der Waals surface area contributed by atoms with E-state index in [1.165, 1.54) is 7.11 Å². The average molecular weight is 367 g/mol. The highest BCUT2D eigenvalue weighted by Gasteiger charge is 2.30. The zero-order valence-electron chi connectivity index (χ0n) is 15.8. The molecule has 1 heterocycles. The highest BCUT2D eigenvalue weighted by molar-refractivity contribution is 5.97. The van der Waals surface area contributed by atoms with Crippen LogP contribution in [0.4, 0.5) is 0 Å². The van der Waals surface area contributed by atoms with Crippen LogP contribution in [0, 0.1) is 6.92 Å². The summed E-state index contributed by atoms with van der Waals surface area (Å²) in [5.41, 5.74) is 2.15. The van der Waals surface area contributed by atoms with Crippen LogP contribution in [0.25, 0.3) is 0 Å². The predicted octanol–water partition coefficient (Wildman–Crippen LogP) is 4.20. The number of hydrogen-bond acceptors (Lipinski definition) is 4. The fraction of sp³-hybridized carbons (Fsp3) is 0.409. The third-order valence-electron chi connectivity index (χ3n) is 5.29. The van der Waals surface area contributed by atoms with Gasteiger partial charge < -0.3 is 9.72 Å². The summed E-state index contributed by atoms with van der Waals surface area (Å²) in [7, 11) is 1.47. The van der Waals surface area contributed by atoms with Crippen molar-refractivity contribution in [1.82, 2.24) is 4.98 Å². The smallest absolute Gasteiger partial charge is 0.227 e. The van der Waals surface area contributed by atoms with E-state index in [4.69, 9.17) is 4.74 Å². The van der Waals surface area contributed by atoms with E-state index in [1.807, 2.05) is 30.3 Å². The van der Waals surface area contributed by atoms with Gasteiger partial charge in [-0.3, -0.25) is 14.4 Å². The van der Waals surface area contributed by atoms with E-state index >= 15 is 0 Å². The molecule has 1 aliphatic rings. The van der Waals surface area contributed by atoms with Gasteiger partial charge in [-0.25, -0.2) is 0 Å². The third kappa shape index (κ3) is 4.02. The van der Waals surface area contributed by atoms with Gasteiger partial charge >= 0.3 is 0 Å². The molecule has 27 heavy (non-hydrogen) atoms. The molecule has 2 aromatic rings. The average Bonchev–Trinajstić information content (AvgIpc) is 2.68. The van der Waals surface area contributed by atoms with Gasteiger partial charge in [0, 0.05) is 24.0 Å². The summed E-state index contributed by atoms with van der Waals surface area (Å²) in [6.45, 7) is 1.74. The lowest BCUT2D eigenvalue weighted by Gasteiger charge is -2.25. The largest absolute Gasteiger partial charge is 0.491 e. The number of Topliss-reactive ketones (excluding diaryl/α,β-unsaturated/α-hetero) is 2. The number of aromatic amines is 1. The van der Waals surface area contributed by atoms with Crippen molar-refractivity contribution in [2.45, 2.75) is 51.4 Å². The highest BCUT2D eigenvalue weighted by Crippen LogP contribution is 2.34. The minimum Gasteiger partial charge on any atom is -0.491 e. The van der Waals surface area contributed by atoms with Crippen molar-refractivity contribution in [3.63, 3.8) is 0 Å². The summed E-state index contributed by atoms with van der Waals surface area (Å²) in [5, 5.41) is 0. The van der Waals surface area contributed by atoms with Crippen LogP contribution in [-0.4, -0.2) is 23.7 Å². The molecule has 0 amide bonds. The van der Waals surface area contributed by atoms with Gasteiger partial charge in [-0.05, 0) is 32.1 Å². The van der Waals surface area contributed by atoms with E-state index in [2.05, 4.69) is 4.98 Å². The van der Waals surface area contributed by atoms with Crippen LogP contribution in [0.5, 0.6) is 5.75 Å². The molecule has 0 spiro atoms. The van der Waals surface area contributed by atoms with Gasteiger partial charge in [-0.2, -0.15) is 0 Å². The Bertz CT molecular complexity index is 899. The van der Waals surface area contributed by atoms with Crippen LogP contribution in [0.15, 0.2) is 35.1 Å². The maximum absolute atomic E-state index is 12.8. The molecule has 0 fully saturated rings. The van der Waals surface area contributed by atoms with Crippen molar-refractivity contribution < 1.29 is 14.3 Å². The Hall–Kier alpha value is -2.69. The molecule has 0 saturated heterocycles. The number of unbranched alkanes of at least 4 members (excludes halogenated alkanes) is 1. The van der Waals surface area contributed by atoms with Crippen LogP contribution in [0.3, 0.4) is 0 Å². The van der Waals surface area contributed by atoms with Crippen LogP contribution in [0.2, 0.25) is 0 Å². The number of aryl methyl sites for hydroxylation is 1. The molecular weight excluding hydrogens is 342 g/mol. The molecule has 0 unspecified atom stereocenters. The SMILES string of the molecule is COc1c(C)[nH]c2c(c1=O)[C@@H](CCCCC(=O)c1ccccc1)CCC2=O. The van der Waals surface area contributed by atoms with Gasteiger partial charge in [-0.1, -0.05) is 36.8 Å². The van der Waals surface area contributed by atoms with Crippen LogP contribution in [0.1, 0.15) is 76.5 Å². The molecule has 142 valence electrons. The van der Waals surface area contributed by atoms with E-state index in [1.54, 1.807) is 6.92 Å². The molecule has 1 N–H and O–H groups in total. The number of benzene rings is 1. The molecule has 5 heteroatoms. The standard InChI is InChI=1S/C22H25NO4/c1-14-22(27-2)21(26)19-16(12-13-18(25)20(19)23-14)10-6-7-11-17(24)15-8-4-3-5-9-15/h3-5,8-9,16H,6-7,10-13H2,1-2H3,(H,23,26)/t16-/m0/s1. The molecule has 0 radical (unpaired) electrons. The first-order chi connectivity index (χ1) is 13.0. The van der Waals surface area contributed by atoms with Gasteiger partial charge in [0.1, 0.15) is 0 Å². The number of methoxy groups -OCH3 is 1. The number of aromatic nitrogens is 1. The number of fused-ring (bicyclic) bond motifs is 1. The number of nitrogens with one attached hydrogen (secondary N) is 1. The monoisotopic (exact) mass is 367 g/mol. The van der Waals surface area contributed by atoms with Crippen molar-refractivity contribution in [2.24, 2.45) is 0 Å². The van der Waals surface area contributed by atoms with Gasteiger partial charge in [0.05, 0.1) is 18.5 Å². The second-order valence-corrected chi connectivity index (χ2v) is 7.09. The molecule has 0 bridgehead atoms. The zero-order chi connectivity index (χ0) is 19.4. The van der Waals surface area contributed by atoms with E-state index in [-0.39, 0.29) is 28.7 Å². The van der Waals surface area contributed by atoms with Crippen molar-refractivity contribution in [2.75, 3.05) is 7.11 Å². The molecule has 0 aliphatic heterocycles. The third-order valence-corrected chi connectivity index (χ3v) is 5.29. The Morgan fingerprint density at radius 2 is 1.93 bits per heavy atom. The van der Waals surface area contributed by atoms with Crippen LogP contribution < -0.4 is 10.2 Å². The van der Waals surface area contributed by atoms with Crippen LogP contribution >= 0.6 is 0 Å². The molecule has 3 rings (SSSR count). The van der Waals surface area contributed by atoms with E-state index in [9.17, 15) is 14.4 Å². The highest BCUT2D eigenvalue weighted by atomic mass is 16.5. The Morgan fingerprint density at radius 1 is 1.19 bits per heavy atom. The Balaban J connectivity index is 1.67. The predicted molar refractivity (Wildman–Crippen MR) is 104 cm³/mol. The van der Waals surface area contributed by atoms with E-state index in [0.29, 0.717) is 36.2 Å². The van der Waals surface area contributed by atoms with Crippen molar-refractivity contribution in [1.29, 1.82) is 0 Å². The number of pyridine rings is 1. The van der Waals surface area contributed by atoms with Crippen molar-refractivity contribution in [3.05, 3.63) is 63.1 Å². The number of H-pyrrole nitrogens is 1. The fourth-order valence-corrected chi connectivity index (χ4v) is 3.88. The van der Waals surface area contributed by atoms with Gasteiger partial charge in [0.15, 0.2) is 17.3 Å². The van der Waals surface area contributed by atoms with Gasteiger partial charge in [-0.15, -0.1) is 0 Å². The first-order valence-electron chi connectivity index (χ1n) is 9.45. The summed E-state index contributed by atoms with van der Waals surface area (Å²) in [4.78, 5) is 40.3. The summed E-state index contributed by atoms with van der Waals surface area (Å²) in [6.07, 6.45) is 4.02. The van der Waals surface area contributed by atoms with Crippen LogP contribution in [-0.2, 0) is 0 Å². The van der Waals surface area contributed by atoms with Crippen molar-refractivity contribution in [3.8, 4) is 5.75 Å². The number of ketones is 2. The fourth-order valence-electron chi connectivity index (χ4n) is 3.88. The topological polar surface area (TPSA) is 76.2 Å². The quantitative estimate of drug-likeness (QED) is 0.588. The summed E-state index contributed by atoms with van der Waals surface area (Å²) < 4.78 is 5.23. The first-order valence-corrected chi connectivity index (χ1v) is 9.45. The number of rotatable bonds is 7. The lowest BCUT2D eigenvalue weighted by Crippen LogP contribution is -2.27. The normalized spacial score (nSPS) is 16.1. The lowest BCUT2D eigenvalue weighted by molar-refractivity contribution is 0.0959. The molecule has 1 aromatic carbocycles. The zero-order valence-corrected chi connectivity index (χ0v) is 15.8. The Morgan fingerprint density at radius 3 is 2.63 bits per heavy atom. The summed E-state index contributed by atoms with van der Waals surface area (Å²) >= 11 is 0.